The third-order valence-electron chi connectivity index (χ3n) is 3.50. The van der Waals surface area contributed by atoms with Gasteiger partial charge in [-0.25, -0.2) is 0 Å². The first-order chi connectivity index (χ1) is 12.6. The lowest BCUT2D eigenvalue weighted by molar-refractivity contribution is -0.302. The highest BCUT2D eigenvalue weighted by Crippen LogP contribution is 2.21. The molecule has 4 N–H and O–H groups in total. The standard InChI is InChI=1S/C14H27N3O9/c15-17-16-1-2-22-3-4-23-5-6-24-7-8-25-14-13(21)12(20)11(19)10(9-18)26-14/h10-14,18-21H,1-9H2/t10-,11-,12+,13+,14+/m1/s1. The van der Waals surface area contributed by atoms with Crippen molar-refractivity contribution < 1.29 is 44.1 Å². The van der Waals surface area contributed by atoms with Crippen LogP contribution < -0.4 is 0 Å². The molecule has 0 aliphatic carbocycles. The highest BCUT2D eigenvalue weighted by atomic mass is 16.7. The summed E-state index contributed by atoms with van der Waals surface area (Å²) in [5.74, 6) is 0. The van der Waals surface area contributed by atoms with Gasteiger partial charge in [0.05, 0.1) is 52.9 Å². The Morgan fingerprint density at radius 3 is 2.00 bits per heavy atom. The molecule has 5 atom stereocenters. The van der Waals surface area contributed by atoms with Gasteiger partial charge in [0.15, 0.2) is 6.29 Å². The number of aliphatic hydroxyl groups excluding tert-OH is 4. The van der Waals surface area contributed by atoms with Crippen LogP contribution in [-0.4, -0.2) is 111 Å². The summed E-state index contributed by atoms with van der Waals surface area (Å²) < 4.78 is 26.1. The van der Waals surface area contributed by atoms with Gasteiger partial charge in [-0.2, -0.15) is 0 Å². The molecule has 12 nitrogen and oxygen atoms in total. The van der Waals surface area contributed by atoms with Gasteiger partial charge in [-0.15, -0.1) is 0 Å². The van der Waals surface area contributed by atoms with Gasteiger partial charge in [0.25, 0.3) is 0 Å². The maximum atomic E-state index is 9.77. The summed E-state index contributed by atoms with van der Waals surface area (Å²) in [6, 6.07) is 0. The zero-order valence-electron chi connectivity index (χ0n) is 14.4. The average Bonchev–Trinajstić information content (AvgIpc) is 2.65. The normalized spacial score (nSPS) is 28.7. The third kappa shape index (κ3) is 8.56. The third-order valence-corrected chi connectivity index (χ3v) is 3.50. The molecule has 0 aromatic heterocycles. The minimum atomic E-state index is -1.46. The Morgan fingerprint density at radius 1 is 0.846 bits per heavy atom. The predicted molar refractivity (Wildman–Crippen MR) is 86.2 cm³/mol. The average molecular weight is 381 g/mol. The van der Waals surface area contributed by atoms with Crippen LogP contribution in [0.15, 0.2) is 5.11 Å². The van der Waals surface area contributed by atoms with E-state index in [2.05, 4.69) is 10.0 Å². The second-order valence-corrected chi connectivity index (χ2v) is 5.36. The number of hydrogen-bond donors (Lipinski definition) is 4. The van der Waals surface area contributed by atoms with Crippen LogP contribution in [-0.2, 0) is 23.7 Å². The first-order valence-corrected chi connectivity index (χ1v) is 8.28. The van der Waals surface area contributed by atoms with E-state index in [9.17, 15) is 15.3 Å². The van der Waals surface area contributed by atoms with E-state index in [0.29, 0.717) is 33.0 Å². The Kier molecular flexibility index (Phi) is 12.4. The minimum Gasteiger partial charge on any atom is -0.394 e. The van der Waals surface area contributed by atoms with Crippen LogP contribution in [0.2, 0.25) is 0 Å². The largest absolute Gasteiger partial charge is 0.394 e. The van der Waals surface area contributed by atoms with Gasteiger partial charge in [-0.05, 0) is 5.53 Å². The molecule has 1 aliphatic heterocycles. The molecule has 1 fully saturated rings. The second kappa shape index (κ2) is 14.1. The molecule has 152 valence electrons. The van der Waals surface area contributed by atoms with Crippen LogP contribution in [0.3, 0.4) is 0 Å². The summed E-state index contributed by atoms with van der Waals surface area (Å²) in [5, 5.41) is 41.4. The van der Waals surface area contributed by atoms with Crippen LogP contribution in [0, 0.1) is 0 Å². The molecule has 0 amide bonds. The van der Waals surface area contributed by atoms with E-state index < -0.39 is 37.3 Å². The molecule has 1 aliphatic rings. The topological polar surface area (TPSA) is 176 Å². The molecule has 0 aromatic carbocycles. The van der Waals surface area contributed by atoms with Crippen molar-refractivity contribution in [2.75, 3.05) is 59.4 Å². The van der Waals surface area contributed by atoms with Crippen LogP contribution >= 0.6 is 0 Å². The van der Waals surface area contributed by atoms with Gasteiger partial charge >= 0.3 is 0 Å². The molecular formula is C14H27N3O9. The van der Waals surface area contributed by atoms with Crippen LogP contribution in [0.25, 0.3) is 10.4 Å². The predicted octanol–water partition coefficient (Wildman–Crippen LogP) is -1.84. The highest BCUT2D eigenvalue weighted by molar-refractivity contribution is 4.88. The number of hydrogen-bond acceptors (Lipinski definition) is 10. The summed E-state index contributed by atoms with van der Waals surface area (Å²) in [6.45, 7) is 1.89. The Hall–Kier alpha value is -1.05. The van der Waals surface area contributed by atoms with Crippen molar-refractivity contribution in [1.29, 1.82) is 0 Å². The molecule has 1 rings (SSSR count). The summed E-state index contributed by atoms with van der Waals surface area (Å²) >= 11 is 0. The Bertz CT molecular complexity index is 409. The molecule has 12 heteroatoms. The van der Waals surface area contributed by atoms with E-state index in [1.165, 1.54) is 0 Å². The first-order valence-electron chi connectivity index (χ1n) is 8.28. The lowest BCUT2D eigenvalue weighted by Gasteiger charge is -2.39. The molecule has 0 bridgehead atoms. The van der Waals surface area contributed by atoms with Crippen molar-refractivity contribution in [3.8, 4) is 0 Å². The van der Waals surface area contributed by atoms with Gasteiger partial charge in [0, 0.05) is 11.5 Å². The Labute approximate surface area is 150 Å². The summed E-state index contributed by atoms with van der Waals surface area (Å²) in [4.78, 5) is 2.60. The molecule has 0 aromatic rings. The Balaban J connectivity index is 1.97. The van der Waals surface area contributed by atoms with Crippen LogP contribution in [0.5, 0.6) is 0 Å². The van der Waals surface area contributed by atoms with Gasteiger partial charge < -0.3 is 44.1 Å². The first kappa shape index (κ1) is 23.0. The van der Waals surface area contributed by atoms with E-state index in [0.717, 1.165) is 0 Å². The lowest BCUT2D eigenvalue weighted by atomic mass is 9.99. The maximum Gasteiger partial charge on any atom is 0.186 e. The molecule has 0 spiro atoms. The summed E-state index contributed by atoms with van der Waals surface area (Å²) in [6.07, 6.45) is -6.45. The van der Waals surface area contributed by atoms with Gasteiger partial charge in [-0.1, -0.05) is 5.11 Å². The van der Waals surface area contributed by atoms with E-state index in [4.69, 9.17) is 34.3 Å². The van der Waals surface area contributed by atoms with Crippen molar-refractivity contribution >= 4 is 0 Å². The smallest absolute Gasteiger partial charge is 0.186 e. The Morgan fingerprint density at radius 2 is 1.42 bits per heavy atom. The van der Waals surface area contributed by atoms with Gasteiger partial charge in [0.2, 0.25) is 0 Å². The number of ether oxygens (including phenoxy) is 5. The molecule has 1 heterocycles. The van der Waals surface area contributed by atoms with Gasteiger partial charge in [0.1, 0.15) is 24.4 Å². The molecule has 26 heavy (non-hydrogen) atoms. The van der Waals surface area contributed by atoms with Crippen molar-refractivity contribution in [3.05, 3.63) is 10.4 Å². The minimum absolute atomic E-state index is 0.0885. The fourth-order valence-electron chi connectivity index (χ4n) is 2.12. The van der Waals surface area contributed by atoms with Crippen molar-refractivity contribution in [3.63, 3.8) is 0 Å². The molecule has 0 saturated carbocycles. The fourth-order valence-corrected chi connectivity index (χ4v) is 2.12. The summed E-state index contributed by atoms with van der Waals surface area (Å²) in [7, 11) is 0. The van der Waals surface area contributed by atoms with E-state index in [-0.39, 0.29) is 19.8 Å². The number of azide groups is 1. The van der Waals surface area contributed by atoms with E-state index >= 15 is 0 Å². The molecule has 0 radical (unpaired) electrons. The van der Waals surface area contributed by atoms with Crippen molar-refractivity contribution in [1.82, 2.24) is 0 Å². The van der Waals surface area contributed by atoms with E-state index in [1.807, 2.05) is 0 Å². The SMILES string of the molecule is [N-]=[N+]=NCCOCCOCCOCCO[C@H]1O[C@H](CO)[C@@H](O)[C@H](O)[C@@H]1O. The number of aliphatic hydroxyl groups is 4. The van der Waals surface area contributed by atoms with Crippen LogP contribution in [0.1, 0.15) is 0 Å². The zero-order valence-corrected chi connectivity index (χ0v) is 14.4. The molecular weight excluding hydrogens is 354 g/mol. The highest BCUT2D eigenvalue weighted by Gasteiger charge is 2.43. The summed E-state index contributed by atoms with van der Waals surface area (Å²) in [5.41, 5.74) is 8.06. The van der Waals surface area contributed by atoms with Crippen molar-refractivity contribution in [2.24, 2.45) is 5.11 Å². The molecule has 1 saturated heterocycles. The van der Waals surface area contributed by atoms with E-state index in [1.54, 1.807) is 0 Å². The monoisotopic (exact) mass is 381 g/mol. The quantitative estimate of drug-likeness (QED) is 0.117. The number of rotatable bonds is 14. The lowest BCUT2D eigenvalue weighted by Crippen LogP contribution is -2.59. The van der Waals surface area contributed by atoms with Crippen LogP contribution in [0.4, 0.5) is 0 Å². The molecule has 0 unspecified atom stereocenters. The second-order valence-electron chi connectivity index (χ2n) is 5.36. The fraction of sp³-hybridized carbons (Fsp3) is 1.00. The van der Waals surface area contributed by atoms with Crippen molar-refractivity contribution in [2.45, 2.75) is 30.7 Å². The zero-order chi connectivity index (χ0) is 19.2. The number of nitrogens with zero attached hydrogens (tertiary/aromatic N) is 3. The maximum absolute atomic E-state index is 9.77. The van der Waals surface area contributed by atoms with Gasteiger partial charge in [-0.3, -0.25) is 0 Å².